The van der Waals surface area contributed by atoms with Gasteiger partial charge in [-0.2, -0.15) is 5.10 Å². The summed E-state index contributed by atoms with van der Waals surface area (Å²) < 4.78 is 0. The van der Waals surface area contributed by atoms with Crippen LogP contribution < -0.4 is 5.43 Å². The number of hydrazone groups is 1. The summed E-state index contributed by atoms with van der Waals surface area (Å²) in [6.07, 6.45) is 8.01. The topological polar surface area (TPSA) is 24.4 Å². The molecule has 100 valence electrons. The second kappa shape index (κ2) is 8.09. The van der Waals surface area contributed by atoms with Crippen molar-refractivity contribution in [3.63, 3.8) is 0 Å². The fourth-order valence-corrected chi connectivity index (χ4v) is 1.85. The molecule has 0 aliphatic carbocycles. The Hall–Kier alpha value is -2.09. The SMILES string of the molecule is C=NN/C=C\C(=C/C(=C)CCC)c1cccc(C)c1. The minimum atomic E-state index is 1.01. The highest BCUT2D eigenvalue weighted by atomic mass is 15.3. The number of nitrogens with one attached hydrogen (secondary N) is 1. The van der Waals surface area contributed by atoms with Gasteiger partial charge in [-0.3, -0.25) is 5.43 Å². The number of rotatable bonds is 7. The molecule has 1 rings (SSSR count). The largest absolute Gasteiger partial charge is 0.286 e. The van der Waals surface area contributed by atoms with E-state index in [1.807, 2.05) is 6.08 Å². The molecule has 0 spiro atoms. The minimum absolute atomic E-state index is 1.01. The quantitative estimate of drug-likeness (QED) is 0.434. The molecule has 1 N–H and O–H groups in total. The lowest BCUT2D eigenvalue weighted by molar-refractivity contribution is 0.930. The Balaban J connectivity index is 3.04. The molecule has 0 saturated heterocycles. The Morgan fingerprint density at radius 3 is 2.84 bits per heavy atom. The van der Waals surface area contributed by atoms with Crippen LogP contribution in [-0.4, -0.2) is 6.72 Å². The second-order valence-corrected chi connectivity index (χ2v) is 4.50. The zero-order valence-electron chi connectivity index (χ0n) is 11.8. The zero-order chi connectivity index (χ0) is 14.1. The molecule has 0 amide bonds. The van der Waals surface area contributed by atoms with E-state index in [9.17, 15) is 0 Å². The van der Waals surface area contributed by atoms with Gasteiger partial charge in [0.25, 0.3) is 0 Å². The molecule has 19 heavy (non-hydrogen) atoms. The molecular weight excluding hydrogens is 232 g/mol. The van der Waals surface area contributed by atoms with Gasteiger partial charge >= 0.3 is 0 Å². The van der Waals surface area contributed by atoms with Crippen molar-refractivity contribution in [2.75, 3.05) is 0 Å². The predicted molar refractivity (Wildman–Crippen MR) is 85.0 cm³/mol. The third kappa shape index (κ3) is 5.38. The summed E-state index contributed by atoms with van der Waals surface area (Å²) >= 11 is 0. The average Bonchev–Trinajstić information content (AvgIpc) is 2.38. The minimum Gasteiger partial charge on any atom is -0.286 e. The lowest BCUT2D eigenvalue weighted by Gasteiger charge is -2.06. The third-order valence-corrected chi connectivity index (χ3v) is 2.71. The van der Waals surface area contributed by atoms with Gasteiger partial charge in [0, 0.05) is 12.9 Å². The first-order chi connectivity index (χ1) is 9.17. The standard InChI is InChI=1S/C17H22N2/c1-5-7-14(2)12-17(10-11-19-18-4)16-9-6-8-15(3)13-16/h6,8-13,19H,2,4-5,7H2,1,3H3/b11-10-,17-12+. The van der Waals surface area contributed by atoms with Gasteiger partial charge in [0.15, 0.2) is 0 Å². The van der Waals surface area contributed by atoms with Crippen molar-refractivity contribution in [3.05, 3.63) is 65.9 Å². The summed E-state index contributed by atoms with van der Waals surface area (Å²) in [6, 6.07) is 8.42. The van der Waals surface area contributed by atoms with Crippen molar-refractivity contribution in [2.24, 2.45) is 5.10 Å². The number of aryl methyl sites for hydroxylation is 1. The van der Waals surface area contributed by atoms with Gasteiger partial charge < -0.3 is 0 Å². The van der Waals surface area contributed by atoms with E-state index in [0.717, 1.165) is 24.0 Å². The number of allylic oxidation sites excluding steroid dienone is 4. The van der Waals surface area contributed by atoms with E-state index in [0.29, 0.717) is 0 Å². The third-order valence-electron chi connectivity index (χ3n) is 2.71. The van der Waals surface area contributed by atoms with Gasteiger partial charge in [0.2, 0.25) is 0 Å². The number of benzene rings is 1. The Labute approximate surface area is 116 Å². The molecule has 2 nitrogen and oxygen atoms in total. The Morgan fingerprint density at radius 2 is 2.21 bits per heavy atom. The molecule has 0 heterocycles. The molecule has 0 fully saturated rings. The fourth-order valence-electron chi connectivity index (χ4n) is 1.85. The molecule has 0 aliphatic rings. The van der Waals surface area contributed by atoms with E-state index < -0.39 is 0 Å². The molecule has 0 aromatic heterocycles. The van der Waals surface area contributed by atoms with E-state index in [2.05, 4.69) is 68.0 Å². The normalized spacial score (nSPS) is 11.6. The molecule has 2 heteroatoms. The number of nitrogens with zero attached hydrogens (tertiary/aromatic N) is 1. The summed E-state index contributed by atoms with van der Waals surface area (Å²) in [6.45, 7) is 11.7. The lowest BCUT2D eigenvalue weighted by atomic mass is 10.00. The second-order valence-electron chi connectivity index (χ2n) is 4.50. The van der Waals surface area contributed by atoms with Crippen molar-refractivity contribution < 1.29 is 0 Å². The maximum absolute atomic E-state index is 4.09. The number of hydrogen-bond donors (Lipinski definition) is 1. The molecule has 0 saturated carbocycles. The van der Waals surface area contributed by atoms with Crippen LogP contribution in [0.4, 0.5) is 0 Å². The Bertz CT molecular complexity index is 496. The predicted octanol–water partition coefficient (Wildman–Crippen LogP) is 4.45. The van der Waals surface area contributed by atoms with Crippen LogP contribution in [0, 0.1) is 6.92 Å². The summed E-state index contributed by atoms with van der Waals surface area (Å²) in [7, 11) is 0. The van der Waals surface area contributed by atoms with Crippen molar-refractivity contribution in [1.29, 1.82) is 0 Å². The first kappa shape index (κ1) is 15.0. The highest BCUT2D eigenvalue weighted by Crippen LogP contribution is 2.20. The van der Waals surface area contributed by atoms with Crippen molar-refractivity contribution >= 4 is 12.3 Å². The van der Waals surface area contributed by atoms with Crippen LogP contribution in [0.25, 0.3) is 5.57 Å². The summed E-state index contributed by atoms with van der Waals surface area (Å²) in [5.74, 6) is 0. The first-order valence-corrected chi connectivity index (χ1v) is 6.51. The first-order valence-electron chi connectivity index (χ1n) is 6.51. The molecule has 1 aromatic rings. The van der Waals surface area contributed by atoms with E-state index in [-0.39, 0.29) is 0 Å². The van der Waals surface area contributed by atoms with Crippen LogP contribution in [0.1, 0.15) is 30.9 Å². The van der Waals surface area contributed by atoms with Crippen molar-refractivity contribution in [3.8, 4) is 0 Å². The fraction of sp³-hybridized carbons (Fsp3) is 0.235. The summed E-state index contributed by atoms with van der Waals surface area (Å²) in [5, 5.41) is 3.60. The zero-order valence-corrected chi connectivity index (χ0v) is 11.8. The van der Waals surface area contributed by atoms with Crippen LogP contribution in [0.2, 0.25) is 0 Å². The molecule has 1 aromatic carbocycles. The molecule has 0 unspecified atom stereocenters. The number of hydrogen-bond acceptors (Lipinski definition) is 2. The van der Waals surface area contributed by atoms with Gasteiger partial charge in [0.1, 0.15) is 0 Å². The van der Waals surface area contributed by atoms with Crippen LogP contribution in [0.3, 0.4) is 0 Å². The van der Waals surface area contributed by atoms with Gasteiger partial charge in [-0.05, 0) is 30.6 Å². The summed E-state index contributed by atoms with van der Waals surface area (Å²) in [4.78, 5) is 0. The highest BCUT2D eigenvalue weighted by Gasteiger charge is 1.99. The smallest absolute Gasteiger partial charge is 0.0205 e. The van der Waals surface area contributed by atoms with Crippen LogP contribution in [0.5, 0.6) is 0 Å². The van der Waals surface area contributed by atoms with Gasteiger partial charge in [-0.25, -0.2) is 0 Å². The lowest BCUT2D eigenvalue weighted by Crippen LogP contribution is -1.91. The molecular formula is C17H22N2. The van der Waals surface area contributed by atoms with E-state index >= 15 is 0 Å². The monoisotopic (exact) mass is 254 g/mol. The molecule has 0 radical (unpaired) electrons. The van der Waals surface area contributed by atoms with E-state index in [1.54, 1.807) is 6.20 Å². The molecule has 0 aliphatic heterocycles. The highest BCUT2D eigenvalue weighted by molar-refractivity contribution is 5.76. The van der Waals surface area contributed by atoms with Gasteiger partial charge in [0.05, 0.1) is 0 Å². The summed E-state index contributed by atoms with van der Waals surface area (Å²) in [5.41, 5.74) is 7.41. The van der Waals surface area contributed by atoms with E-state index in [4.69, 9.17) is 0 Å². The van der Waals surface area contributed by atoms with Crippen LogP contribution >= 0.6 is 0 Å². The van der Waals surface area contributed by atoms with Gasteiger partial charge in [-0.1, -0.05) is 61.4 Å². The maximum atomic E-state index is 4.09. The Morgan fingerprint density at radius 1 is 1.42 bits per heavy atom. The maximum Gasteiger partial charge on any atom is 0.0205 e. The van der Waals surface area contributed by atoms with Crippen molar-refractivity contribution in [1.82, 2.24) is 5.43 Å². The van der Waals surface area contributed by atoms with E-state index in [1.165, 1.54) is 11.1 Å². The van der Waals surface area contributed by atoms with Crippen molar-refractivity contribution in [2.45, 2.75) is 26.7 Å². The van der Waals surface area contributed by atoms with Gasteiger partial charge in [-0.15, -0.1) is 0 Å². The molecule has 0 atom stereocenters. The molecule has 0 bridgehead atoms. The van der Waals surface area contributed by atoms with Crippen LogP contribution in [-0.2, 0) is 0 Å². The average molecular weight is 254 g/mol. The Kier molecular flexibility index (Phi) is 6.37. The van der Waals surface area contributed by atoms with Crippen LogP contribution in [0.15, 0.2) is 59.9 Å².